The summed E-state index contributed by atoms with van der Waals surface area (Å²) in [7, 11) is 0. The molecule has 0 amide bonds. The molecule has 2 unspecified atom stereocenters. The third-order valence-electron chi connectivity index (χ3n) is 2.68. The zero-order valence-electron chi connectivity index (χ0n) is 12.1. The quantitative estimate of drug-likeness (QED) is 0.720. The van der Waals surface area contributed by atoms with Crippen LogP contribution in [0, 0.1) is 11.8 Å². The predicted molar refractivity (Wildman–Crippen MR) is 72.1 cm³/mol. The molecule has 104 valence electrons. The van der Waals surface area contributed by atoms with E-state index in [1.807, 2.05) is 0 Å². The first-order valence-corrected chi connectivity index (χ1v) is 6.68. The van der Waals surface area contributed by atoms with E-state index in [1.165, 1.54) is 19.3 Å². The number of rotatable bonds is 7. The molecule has 0 aromatic rings. The second kappa shape index (κ2) is 11.9. The van der Waals surface area contributed by atoms with Gasteiger partial charge in [0, 0.05) is 6.92 Å². The van der Waals surface area contributed by atoms with Gasteiger partial charge in [0.15, 0.2) is 0 Å². The van der Waals surface area contributed by atoms with Crippen molar-refractivity contribution in [2.24, 2.45) is 11.8 Å². The maximum atomic E-state index is 9.68. The van der Waals surface area contributed by atoms with Crippen LogP contribution in [0.4, 0.5) is 0 Å². The molecule has 0 aromatic heterocycles. The minimum absolute atomic E-state index is 0.0721. The summed E-state index contributed by atoms with van der Waals surface area (Å²) in [6, 6.07) is 0. The Labute approximate surface area is 106 Å². The molecule has 3 nitrogen and oxygen atoms in total. The molecule has 0 aliphatic carbocycles. The van der Waals surface area contributed by atoms with Crippen LogP contribution in [0.25, 0.3) is 0 Å². The zero-order chi connectivity index (χ0) is 13.8. The maximum Gasteiger partial charge on any atom is 0.300 e. The Morgan fingerprint density at radius 1 is 1.12 bits per heavy atom. The molecule has 0 fully saturated rings. The highest BCUT2D eigenvalue weighted by atomic mass is 16.4. The second-order valence-corrected chi connectivity index (χ2v) is 5.18. The van der Waals surface area contributed by atoms with Crippen molar-refractivity contribution < 1.29 is 15.0 Å². The number of aliphatic carboxylic acids is 1. The van der Waals surface area contributed by atoms with Crippen LogP contribution in [0.3, 0.4) is 0 Å². The van der Waals surface area contributed by atoms with Gasteiger partial charge in [-0.05, 0) is 24.7 Å². The fraction of sp³-hybridized carbons (Fsp3) is 0.929. The van der Waals surface area contributed by atoms with Crippen molar-refractivity contribution in [1.82, 2.24) is 0 Å². The van der Waals surface area contributed by atoms with E-state index in [0.717, 1.165) is 25.7 Å². The molecule has 0 heterocycles. The lowest BCUT2D eigenvalue weighted by Crippen LogP contribution is -2.17. The van der Waals surface area contributed by atoms with E-state index >= 15 is 0 Å². The first kappa shape index (κ1) is 18.8. The average molecular weight is 246 g/mol. The van der Waals surface area contributed by atoms with Crippen molar-refractivity contribution in [3.8, 4) is 0 Å². The Morgan fingerprint density at radius 3 is 1.94 bits per heavy atom. The SMILES string of the molecule is CC(=O)O.CCCC(O)C(C)CCCC(C)C. The van der Waals surface area contributed by atoms with E-state index in [0.29, 0.717) is 5.92 Å². The Bertz CT molecular complexity index is 174. The van der Waals surface area contributed by atoms with Gasteiger partial charge in [-0.15, -0.1) is 0 Å². The predicted octanol–water partition coefficient (Wildman–Crippen LogP) is 3.70. The molecule has 17 heavy (non-hydrogen) atoms. The van der Waals surface area contributed by atoms with Crippen molar-refractivity contribution >= 4 is 5.97 Å². The van der Waals surface area contributed by atoms with E-state index in [2.05, 4.69) is 27.7 Å². The number of aliphatic hydroxyl groups is 1. The van der Waals surface area contributed by atoms with Crippen molar-refractivity contribution in [2.75, 3.05) is 0 Å². The molecule has 0 rings (SSSR count). The van der Waals surface area contributed by atoms with Crippen LogP contribution in [0.15, 0.2) is 0 Å². The molecule has 3 heteroatoms. The molecule has 2 N–H and O–H groups in total. The largest absolute Gasteiger partial charge is 0.481 e. The van der Waals surface area contributed by atoms with E-state index in [4.69, 9.17) is 9.90 Å². The van der Waals surface area contributed by atoms with Crippen molar-refractivity contribution in [2.45, 2.75) is 72.8 Å². The Hall–Kier alpha value is -0.570. The molecule has 0 spiro atoms. The van der Waals surface area contributed by atoms with E-state index < -0.39 is 5.97 Å². The molecule has 0 aliphatic rings. The summed E-state index contributed by atoms with van der Waals surface area (Å²) in [4.78, 5) is 9.00. The minimum Gasteiger partial charge on any atom is -0.481 e. The van der Waals surface area contributed by atoms with Gasteiger partial charge in [0.05, 0.1) is 6.10 Å². The summed E-state index contributed by atoms with van der Waals surface area (Å²) < 4.78 is 0. The molecule has 0 saturated heterocycles. The summed E-state index contributed by atoms with van der Waals surface area (Å²) in [6.45, 7) is 9.89. The highest BCUT2D eigenvalue weighted by molar-refractivity contribution is 5.62. The number of carbonyl (C=O) groups is 1. The lowest BCUT2D eigenvalue weighted by atomic mass is 9.93. The standard InChI is InChI=1S/C12H26O.C2H4O2/c1-5-7-12(13)11(4)9-6-8-10(2)3;1-2(3)4/h10-13H,5-9H2,1-4H3;1H3,(H,3,4). The lowest BCUT2D eigenvalue weighted by Gasteiger charge is -2.18. The average Bonchev–Trinajstić information content (AvgIpc) is 2.16. The topological polar surface area (TPSA) is 57.5 Å². The number of hydrogen-bond acceptors (Lipinski definition) is 2. The molecular weight excluding hydrogens is 216 g/mol. The van der Waals surface area contributed by atoms with Crippen molar-refractivity contribution in [3.05, 3.63) is 0 Å². The minimum atomic E-state index is -0.833. The Balaban J connectivity index is 0. The van der Waals surface area contributed by atoms with Gasteiger partial charge >= 0.3 is 0 Å². The third-order valence-corrected chi connectivity index (χ3v) is 2.68. The van der Waals surface area contributed by atoms with Crippen LogP contribution >= 0.6 is 0 Å². The first-order valence-electron chi connectivity index (χ1n) is 6.68. The van der Waals surface area contributed by atoms with Gasteiger partial charge in [-0.2, -0.15) is 0 Å². The fourth-order valence-corrected chi connectivity index (χ4v) is 1.62. The van der Waals surface area contributed by atoms with Gasteiger partial charge in [-0.25, -0.2) is 0 Å². The van der Waals surface area contributed by atoms with E-state index in [-0.39, 0.29) is 6.10 Å². The monoisotopic (exact) mass is 246 g/mol. The molecule has 0 aliphatic heterocycles. The Kier molecular flexibility index (Phi) is 13.2. The molecular formula is C14H30O3. The van der Waals surface area contributed by atoms with Gasteiger partial charge in [0.1, 0.15) is 0 Å². The molecule has 0 saturated carbocycles. The van der Waals surface area contributed by atoms with Gasteiger partial charge in [0.25, 0.3) is 5.97 Å². The molecule has 2 atom stereocenters. The summed E-state index contributed by atoms with van der Waals surface area (Å²) in [5.41, 5.74) is 0. The highest BCUT2D eigenvalue weighted by Crippen LogP contribution is 2.17. The van der Waals surface area contributed by atoms with E-state index in [9.17, 15) is 5.11 Å². The number of carboxylic acid groups (broad SMARTS) is 1. The van der Waals surface area contributed by atoms with Crippen LogP contribution in [0.5, 0.6) is 0 Å². The first-order chi connectivity index (χ1) is 7.81. The zero-order valence-corrected chi connectivity index (χ0v) is 12.1. The van der Waals surface area contributed by atoms with E-state index in [1.54, 1.807) is 0 Å². The fourth-order valence-electron chi connectivity index (χ4n) is 1.62. The van der Waals surface area contributed by atoms with Crippen LogP contribution in [0.1, 0.15) is 66.7 Å². The second-order valence-electron chi connectivity index (χ2n) is 5.18. The van der Waals surface area contributed by atoms with Crippen LogP contribution in [-0.4, -0.2) is 22.3 Å². The van der Waals surface area contributed by atoms with Gasteiger partial charge in [-0.3, -0.25) is 4.79 Å². The smallest absolute Gasteiger partial charge is 0.300 e. The highest BCUT2D eigenvalue weighted by Gasteiger charge is 2.12. The summed E-state index contributed by atoms with van der Waals surface area (Å²) >= 11 is 0. The molecule has 0 aromatic carbocycles. The maximum absolute atomic E-state index is 9.68. The molecule has 0 radical (unpaired) electrons. The third kappa shape index (κ3) is 18.0. The summed E-state index contributed by atoms with van der Waals surface area (Å²) in [5, 5.41) is 17.1. The van der Waals surface area contributed by atoms with Gasteiger partial charge in [0.2, 0.25) is 0 Å². The van der Waals surface area contributed by atoms with Gasteiger partial charge in [-0.1, -0.05) is 47.0 Å². The number of carboxylic acids is 1. The normalized spacial score (nSPS) is 13.8. The van der Waals surface area contributed by atoms with Crippen LogP contribution in [-0.2, 0) is 4.79 Å². The molecule has 0 bridgehead atoms. The summed E-state index contributed by atoms with van der Waals surface area (Å²) in [6.07, 6.45) is 5.72. The van der Waals surface area contributed by atoms with Crippen LogP contribution < -0.4 is 0 Å². The summed E-state index contributed by atoms with van der Waals surface area (Å²) in [5.74, 6) is 0.453. The number of hydrogen-bond donors (Lipinski definition) is 2. The van der Waals surface area contributed by atoms with Gasteiger partial charge < -0.3 is 10.2 Å². The van der Waals surface area contributed by atoms with Crippen LogP contribution in [0.2, 0.25) is 0 Å². The Morgan fingerprint density at radius 2 is 1.59 bits per heavy atom. The van der Waals surface area contributed by atoms with Crippen molar-refractivity contribution in [1.29, 1.82) is 0 Å². The van der Waals surface area contributed by atoms with Crippen molar-refractivity contribution in [3.63, 3.8) is 0 Å². The number of aliphatic hydroxyl groups excluding tert-OH is 1. The lowest BCUT2D eigenvalue weighted by molar-refractivity contribution is -0.134.